The SMILES string of the molecule is CCNC(CCC1CCCCO1)CC1CCOCC1. The van der Waals surface area contributed by atoms with Crippen molar-refractivity contribution >= 4 is 0 Å². The van der Waals surface area contributed by atoms with Crippen molar-refractivity contribution in [3.63, 3.8) is 0 Å². The van der Waals surface area contributed by atoms with Crippen molar-refractivity contribution in [1.29, 1.82) is 0 Å². The maximum absolute atomic E-state index is 5.85. The van der Waals surface area contributed by atoms with Gasteiger partial charge in [0.05, 0.1) is 6.10 Å². The Morgan fingerprint density at radius 1 is 1.11 bits per heavy atom. The van der Waals surface area contributed by atoms with Crippen LogP contribution in [0.5, 0.6) is 0 Å². The molecule has 2 fully saturated rings. The Kier molecular flexibility index (Phi) is 7.18. The molecule has 0 aromatic carbocycles. The summed E-state index contributed by atoms with van der Waals surface area (Å²) in [7, 11) is 0. The van der Waals surface area contributed by atoms with Gasteiger partial charge in [-0.05, 0) is 63.8 Å². The van der Waals surface area contributed by atoms with Gasteiger partial charge in [0.2, 0.25) is 0 Å². The first-order chi connectivity index (χ1) is 9.38. The molecule has 2 heterocycles. The minimum absolute atomic E-state index is 0.532. The average Bonchev–Trinajstić information content (AvgIpc) is 2.47. The third-order valence-corrected chi connectivity index (χ3v) is 4.56. The number of rotatable bonds is 7. The second-order valence-electron chi connectivity index (χ2n) is 6.11. The molecular weight excluding hydrogens is 238 g/mol. The summed E-state index contributed by atoms with van der Waals surface area (Å²) < 4.78 is 11.3. The van der Waals surface area contributed by atoms with Gasteiger partial charge in [0, 0.05) is 25.9 Å². The molecule has 0 spiro atoms. The van der Waals surface area contributed by atoms with E-state index in [0.29, 0.717) is 12.1 Å². The zero-order chi connectivity index (χ0) is 13.3. The van der Waals surface area contributed by atoms with E-state index in [1.807, 2.05) is 0 Å². The molecule has 1 N–H and O–H groups in total. The molecule has 2 aliphatic heterocycles. The predicted octanol–water partition coefficient (Wildman–Crippen LogP) is 3.13. The lowest BCUT2D eigenvalue weighted by Gasteiger charge is -2.29. The Morgan fingerprint density at radius 3 is 2.63 bits per heavy atom. The summed E-state index contributed by atoms with van der Waals surface area (Å²) in [5, 5.41) is 3.67. The lowest BCUT2D eigenvalue weighted by atomic mass is 9.89. The van der Waals surface area contributed by atoms with Crippen LogP contribution in [0.4, 0.5) is 0 Å². The Balaban J connectivity index is 1.68. The summed E-state index contributed by atoms with van der Waals surface area (Å²) in [5.41, 5.74) is 0. The van der Waals surface area contributed by atoms with Crippen LogP contribution in [0, 0.1) is 5.92 Å². The smallest absolute Gasteiger partial charge is 0.0575 e. The maximum Gasteiger partial charge on any atom is 0.0575 e. The zero-order valence-corrected chi connectivity index (χ0v) is 12.5. The fourth-order valence-electron chi connectivity index (χ4n) is 3.40. The van der Waals surface area contributed by atoms with Crippen molar-refractivity contribution in [3.05, 3.63) is 0 Å². The number of hydrogen-bond donors (Lipinski definition) is 1. The van der Waals surface area contributed by atoms with E-state index in [4.69, 9.17) is 9.47 Å². The molecule has 0 aliphatic carbocycles. The topological polar surface area (TPSA) is 30.5 Å². The lowest BCUT2D eigenvalue weighted by Crippen LogP contribution is -2.34. The highest BCUT2D eigenvalue weighted by atomic mass is 16.5. The van der Waals surface area contributed by atoms with Crippen LogP contribution in [0.15, 0.2) is 0 Å². The first-order valence-electron chi connectivity index (χ1n) is 8.31. The van der Waals surface area contributed by atoms with Gasteiger partial charge in [-0.3, -0.25) is 0 Å². The van der Waals surface area contributed by atoms with Crippen LogP contribution in [0.2, 0.25) is 0 Å². The van der Waals surface area contributed by atoms with Gasteiger partial charge in [0.25, 0.3) is 0 Å². The van der Waals surface area contributed by atoms with Crippen LogP contribution in [-0.4, -0.2) is 38.5 Å². The van der Waals surface area contributed by atoms with Crippen LogP contribution >= 0.6 is 0 Å². The standard InChI is InChI=1S/C16H31NO2/c1-2-17-15(13-14-8-11-18-12-9-14)6-7-16-5-3-4-10-19-16/h14-17H,2-13H2,1H3. The molecule has 2 aliphatic rings. The van der Waals surface area contributed by atoms with Gasteiger partial charge in [-0.2, -0.15) is 0 Å². The second kappa shape index (κ2) is 8.93. The number of nitrogens with one attached hydrogen (secondary N) is 1. The first kappa shape index (κ1) is 15.3. The molecule has 0 amide bonds. The molecule has 112 valence electrons. The summed E-state index contributed by atoms with van der Waals surface area (Å²) >= 11 is 0. The largest absolute Gasteiger partial charge is 0.381 e. The van der Waals surface area contributed by atoms with E-state index in [1.165, 1.54) is 51.4 Å². The molecule has 2 unspecified atom stereocenters. The average molecular weight is 269 g/mol. The van der Waals surface area contributed by atoms with Crippen molar-refractivity contribution < 1.29 is 9.47 Å². The van der Waals surface area contributed by atoms with E-state index in [-0.39, 0.29) is 0 Å². The van der Waals surface area contributed by atoms with E-state index >= 15 is 0 Å². The zero-order valence-electron chi connectivity index (χ0n) is 12.5. The molecule has 3 heteroatoms. The summed E-state index contributed by atoms with van der Waals surface area (Å²) in [6.07, 6.45) is 10.8. The lowest BCUT2D eigenvalue weighted by molar-refractivity contribution is 0.00736. The van der Waals surface area contributed by atoms with Gasteiger partial charge >= 0.3 is 0 Å². The molecule has 2 saturated heterocycles. The molecular formula is C16H31NO2. The number of hydrogen-bond acceptors (Lipinski definition) is 3. The maximum atomic E-state index is 5.85. The summed E-state index contributed by atoms with van der Waals surface area (Å²) in [6, 6.07) is 0.679. The third kappa shape index (κ3) is 5.80. The van der Waals surface area contributed by atoms with Crippen molar-refractivity contribution in [2.75, 3.05) is 26.4 Å². The number of ether oxygens (including phenoxy) is 2. The Labute approximate surface area is 118 Å². The Hall–Kier alpha value is -0.120. The summed E-state index contributed by atoms with van der Waals surface area (Å²) in [5.74, 6) is 0.866. The van der Waals surface area contributed by atoms with Crippen LogP contribution in [0.25, 0.3) is 0 Å². The highest BCUT2D eigenvalue weighted by molar-refractivity contribution is 4.76. The van der Waals surface area contributed by atoms with Crippen LogP contribution in [0.3, 0.4) is 0 Å². The van der Waals surface area contributed by atoms with Gasteiger partial charge in [0.1, 0.15) is 0 Å². The molecule has 3 nitrogen and oxygen atoms in total. The van der Waals surface area contributed by atoms with Gasteiger partial charge in [-0.15, -0.1) is 0 Å². The van der Waals surface area contributed by atoms with Crippen LogP contribution in [-0.2, 0) is 9.47 Å². The van der Waals surface area contributed by atoms with Gasteiger partial charge in [-0.25, -0.2) is 0 Å². The molecule has 0 radical (unpaired) electrons. The van der Waals surface area contributed by atoms with Crippen LogP contribution < -0.4 is 5.32 Å². The van der Waals surface area contributed by atoms with Gasteiger partial charge < -0.3 is 14.8 Å². The van der Waals surface area contributed by atoms with E-state index < -0.39 is 0 Å². The molecule has 19 heavy (non-hydrogen) atoms. The molecule has 0 bridgehead atoms. The van der Waals surface area contributed by atoms with E-state index in [2.05, 4.69) is 12.2 Å². The normalized spacial score (nSPS) is 27.3. The highest BCUT2D eigenvalue weighted by Crippen LogP contribution is 2.24. The van der Waals surface area contributed by atoms with Crippen LogP contribution in [0.1, 0.15) is 58.3 Å². The van der Waals surface area contributed by atoms with E-state index in [0.717, 1.165) is 32.3 Å². The van der Waals surface area contributed by atoms with E-state index in [1.54, 1.807) is 0 Å². The Bertz CT molecular complexity index is 223. The van der Waals surface area contributed by atoms with Crippen molar-refractivity contribution in [2.24, 2.45) is 5.92 Å². The summed E-state index contributed by atoms with van der Waals surface area (Å²) in [6.45, 7) is 6.22. The molecule has 2 atom stereocenters. The molecule has 0 aromatic heterocycles. The quantitative estimate of drug-likeness (QED) is 0.770. The minimum atomic E-state index is 0.532. The van der Waals surface area contributed by atoms with Gasteiger partial charge in [-0.1, -0.05) is 6.92 Å². The van der Waals surface area contributed by atoms with Crippen molar-refractivity contribution in [1.82, 2.24) is 5.32 Å². The van der Waals surface area contributed by atoms with Gasteiger partial charge in [0.15, 0.2) is 0 Å². The van der Waals surface area contributed by atoms with E-state index in [9.17, 15) is 0 Å². The third-order valence-electron chi connectivity index (χ3n) is 4.56. The minimum Gasteiger partial charge on any atom is -0.381 e. The van der Waals surface area contributed by atoms with Crippen molar-refractivity contribution in [3.8, 4) is 0 Å². The second-order valence-corrected chi connectivity index (χ2v) is 6.11. The monoisotopic (exact) mass is 269 g/mol. The predicted molar refractivity (Wildman–Crippen MR) is 78.4 cm³/mol. The first-order valence-corrected chi connectivity index (χ1v) is 8.31. The Morgan fingerprint density at radius 2 is 1.95 bits per heavy atom. The fraction of sp³-hybridized carbons (Fsp3) is 1.00. The van der Waals surface area contributed by atoms with Crippen molar-refractivity contribution in [2.45, 2.75) is 70.4 Å². The molecule has 2 rings (SSSR count). The fourth-order valence-corrected chi connectivity index (χ4v) is 3.40. The summed E-state index contributed by atoms with van der Waals surface area (Å²) in [4.78, 5) is 0. The molecule has 0 aromatic rings. The molecule has 0 saturated carbocycles. The highest BCUT2D eigenvalue weighted by Gasteiger charge is 2.21.